The number of carbonyl (C=O) groups is 1. The van der Waals surface area contributed by atoms with Crippen LogP contribution in [0.1, 0.15) is 31.2 Å². The number of aliphatic hydroxyl groups is 1. The highest BCUT2D eigenvalue weighted by Gasteiger charge is 2.26. The van der Waals surface area contributed by atoms with Crippen molar-refractivity contribution in [3.05, 3.63) is 23.9 Å². The van der Waals surface area contributed by atoms with Crippen LogP contribution in [-0.2, 0) is 0 Å². The first-order chi connectivity index (χ1) is 11.7. The van der Waals surface area contributed by atoms with Gasteiger partial charge in [0.15, 0.2) is 0 Å². The number of pyridine rings is 1. The summed E-state index contributed by atoms with van der Waals surface area (Å²) in [6, 6.07) is 5.80. The van der Waals surface area contributed by atoms with Gasteiger partial charge >= 0.3 is 6.03 Å². The molecule has 2 N–H and O–H groups in total. The Morgan fingerprint density at radius 3 is 2.71 bits per heavy atom. The normalized spacial score (nSPS) is 22.1. The van der Waals surface area contributed by atoms with Gasteiger partial charge < -0.3 is 20.2 Å². The second kappa shape index (κ2) is 7.49. The molecule has 2 amide bonds. The van der Waals surface area contributed by atoms with Crippen LogP contribution in [-0.4, -0.2) is 59.3 Å². The Hall–Kier alpha value is -2.33. The van der Waals surface area contributed by atoms with Crippen LogP contribution < -0.4 is 10.2 Å². The van der Waals surface area contributed by atoms with E-state index in [1.807, 2.05) is 6.07 Å². The first-order valence-corrected chi connectivity index (χ1v) is 8.50. The van der Waals surface area contributed by atoms with E-state index in [0.717, 1.165) is 51.1 Å². The number of hydrogen-bond acceptors (Lipinski definition) is 5. The lowest BCUT2D eigenvalue weighted by Gasteiger charge is -2.35. The Labute approximate surface area is 141 Å². The molecule has 0 saturated carbocycles. The van der Waals surface area contributed by atoms with Crippen molar-refractivity contribution in [2.75, 3.05) is 31.1 Å². The number of anilines is 1. The number of carbonyl (C=O) groups excluding carboxylic acids is 1. The van der Waals surface area contributed by atoms with E-state index in [1.54, 1.807) is 17.2 Å². The van der Waals surface area contributed by atoms with Crippen molar-refractivity contribution in [3.8, 4) is 6.07 Å². The fourth-order valence-electron chi connectivity index (χ4n) is 3.30. The van der Waals surface area contributed by atoms with E-state index < -0.39 is 6.10 Å². The molecule has 0 bridgehead atoms. The molecular formula is C17H23N5O2. The van der Waals surface area contributed by atoms with Gasteiger partial charge in [0.25, 0.3) is 0 Å². The molecular weight excluding hydrogens is 306 g/mol. The van der Waals surface area contributed by atoms with Crippen molar-refractivity contribution in [2.24, 2.45) is 0 Å². The summed E-state index contributed by atoms with van der Waals surface area (Å²) in [6.45, 7) is 2.80. The number of nitrogens with zero attached hydrogens (tertiary/aromatic N) is 4. The molecule has 1 atom stereocenters. The van der Waals surface area contributed by atoms with Crippen LogP contribution in [0.3, 0.4) is 0 Å². The van der Waals surface area contributed by atoms with Gasteiger partial charge in [0.1, 0.15) is 11.9 Å². The smallest absolute Gasteiger partial charge is 0.317 e. The summed E-state index contributed by atoms with van der Waals surface area (Å²) in [5.74, 6) is 0.873. The number of nitriles is 1. The van der Waals surface area contributed by atoms with Crippen LogP contribution in [0.15, 0.2) is 18.3 Å². The zero-order valence-electron chi connectivity index (χ0n) is 13.7. The SMILES string of the molecule is N#Cc1ccc(N2CCC(NC(=O)N3CCC[C@@H](O)C3)CC2)nc1. The van der Waals surface area contributed by atoms with Crippen LogP contribution in [0.4, 0.5) is 10.6 Å². The van der Waals surface area contributed by atoms with Gasteiger partial charge in [0.2, 0.25) is 0 Å². The van der Waals surface area contributed by atoms with Crippen LogP contribution in [0.2, 0.25) is 0 Å². The fraction of sp³-hybridized carbons (Fsp3) is 0.588. The summed E-state index contributed by atoms with van der Waals surface area (Å²) in [4.78, 5) is 20.5. The van der Waals surface area contributed by atoms with Crippen LogP contribution in [0.25, 0.3) is 0 Å². The van der Waals surface area contributed by atoms with E-state index in [-0.39, 0.29) is 12.1 Å². The van der Waals surface area contributed by atoms with E-state index in [0.29, 0.717) is 12.1 Å². The molecule has 7 heteroatoms. The molecule has 0 aromatic carbocycles. The molecule has 0 aliphatic carbocycles. The Kier molecular flexibility index (Phi) is 5.16. The first-order valence-electron chi connectivity index (χ1n) is 8.50. The highest BCUT2D eigenvalue weighted by Crippen LogP contribution is 2.18. The molecule has 2 saturated heterocycles. The number of β-amino-alcohol motifs (C(OH)–C–C–N with tert-alkyl or cyclic N) is 1. The Balaban J connectivity index is 1.48. The first kappa shape index (κ1) is 16.5. The minimum Gasteiger partial charge on any atom is -0.391 e. The number of rotatable bonds is 2. The minimum absolute atomic E-state index is 0.0660. The summed E-state index contributed by atoms with van der Waals surface area (Å²) >= 11 is 0. The van der Waals surface area contributed by atoms with E-state index in [9.17, 15) is 9.90 Å². The average Bonchev–Trinajstić information content (AvgIpc) is 2.62. The number of aromatic nitrogens is 1. The van der Waals surface area contributed by atoms with E-state index in [4.69, 9.17) is 5.26 Å². The standard InChI is InChI=1S/C17H23N5O2/c18-10-13-3-4-16(19-11-13)21-8-5-14(6-9-21)20-17(24)22-7-1-2-15(23)12-22/h3-4,11,14-15,23H,1-2,5-9,12H2,(H,20,24)/t15-/m1/s1. The molecule has 2 fully saturated rings. The lowest BCUT2D eigenvalue weighted by molar-refractivity contribution is 0.0829. The third kappa shape index (κ3) is 3.95. The van der Waals surface area contributed by atoms with Crippen molar-refractivity contribution in [1.29, 1.82) is 5.26 Å². The van der Waals surface area contributed by atoms with Gasteiger partial charge in [-0.05, 0) is 37.8 Å². The van der Waals surface area contributed by atoms with Gasteiger partial charge in [-0.25, -0.2) is 9.78 Å². The van der Waals surface area contributed by atoms with Gasteiger partial charge in [-0.15, -0.1) is 0 Å². The molecule has 1 aromatic heterocycles. The van der Waals surface area contributed by atoms with Crippen molar-refractivity contribution in [3.63, 3.8) is 0 Å². The Bertz CT molecular complexity index is 604. The predicted molar refractivity (Wildman–Crippen MR) is 89.5 cm³/mol. The zero-order valence-corrected chi connectivity index (χ0v) is 13.7. The number of likely N-dealkylation sites (tertiary alicyclic amines) is 1. The Morgan fingerprint density at radius 1 is 1.29 bits per heavy atom. The van der Waals surface area contributed by atoms with Gasteiger partial charge in [-0.2, -0.15) is 5.26 Å². The van der Waals surface area contributed by atoms with Gasteiger partial charge in [0.05, 0.1) is 11.7 Å². The predicted octanol–water partition coefficient (Wildman–Crippen LogP) is 1.09. The summed E-state index contributed by atoms with van der Waals surface area (Å²) in [6.07, 6.45) is 4.56. The van der Waals surface area contributed by atoms with E-state index >= 15 is 0 Å². The second-order valence-electron chi connectivity index (χ2n) is 6.47. The maximum atomic E-state index is 12.3. The molecule has 7 nitrogen and oxygen atoms in total. The van der Waals surface area contributed by atoms with Crippen molar-refractivity contribution < 1.29 is 9.90 Å². The number of hydrogen-bond donors (Lipinski definition) is 2. The summed E-state index contributed by atoms with van der Waals surface area (Å²) in [5.41, 5.74) is 0.560. The number of aliphatic hydroxyl groups excluding tert-OH is 1. The molecule has 0 unspecified atom stereocenters. The monoisotopic (exact) mass is 329 g/mol. The van der Waals surface area contributed by atoms with Gasteiger partial charge in [-0.1, -0.05) is 0 Å². The molecule has 3 heterocycles. The van der Waals surface area contributed by atoms with Crippen molar-refractivity contribution >= 4 is 11.8 Å². The number of nitrogens with one attached hydrogen (secondary N) is 1. The summed E-state index contributed by atoms with van der Waals surface area (Å²) < 4.78 is 0. The third-order valence-electron chi connectivity index (χ3n) is 4.71. The number of piperidine rings is 2. The Morgan fingerprint density at radius 2 is 2.08 bits per heavy atom. The minimum atomic E-state index is -0.395. The topological polar surface area (TPSA) is 92.5 Å². The molecule has 1 aromatic rings. The lowest BCUT2D eigenvalue weighted by atomic mass is 10.0. The van der Waals surface area contributed by atoms with E-state index in [2.05, 4.69) is 21.3 Å². The van der Waals surface area contributed by atoms with Crippen LogP contribution in [0.5, 0.6) is 0 Å². The molecule has 2 aliphatic heterocycles. The summed E-state index contributed by atoms with van der Waals surface area (Å²) in [7, 11) is 0. The third-order valence-corrected chi connectivity index (χ3v) is 4.71. The molecule has 128 valence electrons. The van der Waals surface area contributed by atoms with Gasteiger partial charge in [-0.3, -0.25) is 0 Å². The lowest BCUT2D eigenvalue weighted by Crippen LogP contribution is -2.52. The maximum Gasteiger partial charge on any atom is 0.317 e. The maximum absolute atomic E-state index is 12.3. The van der Waals surface area contributed by atoms with Crippen LogP contribution in [0, 0.1) is 11.3 Å². The fourth-order valence-corrected chi connectivity index (χ4v) is 3.30. The quantitative estimate of drug-likeness (QED) is 0.847. The highest BCUT2D eigenvalue weighted by molar-refractivity contribution is 5.74. The number of urea groups is 1. The van der Waals surface area contributed by atoms with Crippen LogP contribution >= 0.6 is 0 Å². The molecule has 0 radical (unpaired) electrons. The second-order valence-corrected chi connectivity index (χ2v) is 6.47. The highest BCUT2D eigenvalue weighted by atomic mass is 16.3. The molecule has 2 aliphatic rings. The largest absolute Gasteiger partial charge is 0.391 e. The zero-order chi connectivity index (χ0) is 16.9. The average molecular weight is 329 g/mol. The molecule has 3 rings (SSSR count). The summed E-state index contributed by atoms with van der Waals surface area (Å²) in [5, 5.41) is 21.6. The van der Waals surface area contributed by atoms with Crippen molar-refractivity contribution in [2.45, 2.75) is 37.8 Å². The number of amides is 2. The molecule has 24 heavy (non-hydrogen) atoms. The van der Waals surface area contributed by atoms with Gasteiger partial charge in [0, 0.05) is 38.4 Å². The molecule has 0 spiro atoms. The van der Waals surface area contributed by atoms with Crippen molar-refractivity contribution in [1.82, 2.24) is 15.2 Å². The van der Waals surface area contributed by atoms with E-state index in [1.165, 1.54) is 0 Å².